The van der Waals surface area contributed by atoms with Crippen LogP contribution in [0.5, 0.6) is 0 Å². The molecule has 0 amide bonds. The Hall–Kier alpha value is -6.06. The van der Waals surface area contributed by atoms with E-state index in [9.17, 15) is 0 Å². The number of fused-ring (bicyclic) bond motifs is 6. The lowest BCUT2D eigenvalue weighted by Crippen LogP contribution is -2.09. The molecule has 0 saturated carbocycles. The van der Waals surface area contributed by atoms with E-state index < -0.39 is 0 Å². The van der Waals surface area contributed by atoms with Crippen LogP contribution in [0.3, 0.4) is 0 Å². The summed E-state index contributed by atoms with van der Waals surface area (Å²) < 4.78 is 4.69. The molecule has 212 valence electrons. The molecule has 0 bridgehead atoms. The van der Waals surface area contributed by atoms with Gasteiger partial charge in [0.25, 0.3) is 0 Å². The second-order valence-electron chi connectivity index (χ2n) is 11.5. The first-order valence-electron chi connectivity index (χ1n) is 15.4. The van der Waals surface area contributed by atoms with Crippen molar-refractivity contribution in [3.63, 3.8) is 0 Å². The van der Waals surface area contributed by atoms with Gasteiger partial charge in [0, 0.05) is 50.8 Å². The third-order valence-corrected chi connectivity index (χ3v) is 8.91. The number of hydrogen-bond donors (Lipinski definition) is 0. The minimum absolute atomic E-state index is 1.12. The maximum Gasteiger partial charge on any atom is 0.0547 e. The van der Waals surface area contributed by atoms with E-state index in [1.54, 1.807) is 0 Å². The summed E-state index contributed by atoms with van der Waals surface area (Å²) in [6, 6.07) is 60.8. The van der Waals surface area contributed by atoms with E-state index in [1.807, 2.05) is 0 Å². The summed E-state index contributed by atoms with van der Waals surface area (Å²) in [5.41, 5.74) is 9.34. The zero-order chi connectivity index (χ0) is 29.7. The van der Waals surface area contributed by atoms with Gasteiger partial charge in [0.1, 0.15) is 0 Å². The number of nitrogens with zero attached hydrogens (tertiary/aromatic N) is 3. The van der Waals surface area contributed by atoms with Gasteiger partial charge in [-0.15, -0.1) is 0 Å². The van der Waals surface area contributed by atoms with E-state index >= 15 is 0 Å². The van der Waals surface area contributed by atoms with Crippen LogP contribution < -0.4 is 4.90 Å². The summed E-state index contributed by atoms with van der Waals surface area (Å²) in [5.74, 6) is 0. The molecule has 0 atom stereocenters. The Morgan fingerprint density at radius 2 is 0.956 bits per heavy atom. The molecule has 0 unspecified atom stereocenters. The molecule has 0 fully saturated rings. The van der Waals surface area contributed by atoms with Gasteiger partial charge < -0.3 is 14.0 Å². The molecule has 0 aliphatic heterocycles. The molecule has 9 rings (SSSR count). The summed E-state index contributed by atoms with van der Waals surface area (Å²) in [7, 11) is 0. The van der Waals surface area contributed by atoms with Crippen LogP contribution in [0.25, 0.3) is 54.9 Å². The number of anilines is 3. The third-order valence-electron chi connectivity index (χ3n) is 8.91. The van der Waals surface area contributed by atoms with Crippen LogP contribution in [0.15, 0.2) is 176 Å². The van der Waals surface area contributed by atoms with Crippen LogP contribution in [0, 0.1) is 0 Å². The molecule has 0 spiro atoms. The minimum Gasteiger partial charge on any atom is -0.317 e. The molecule has 0 N–H and O–H groups in total. The maximum absolute atomic E-state index is 2.39. The first kappa shape index (κ1) is 25.4. The Kier molecular flexibility index (Phi) is 5.82. The highest BCUT2D eigenvalue weighted by atomic mass is 15.1. The van der Waals surface area contributed by atoms with E-state index in [4.69, 9.17) is 0 Å². The standard InChI is InChI=1S/C42H29N3/c1-4-12-32(13-5-1)44(33-14-6-2-7-15-33)35-23-21-31(22-24-35)43-27-26-37-38-29-42-39(28-30(38)20-25-40(37)43)36-18-10-11-19-41(36)45(42)34-16-8-3-9-17-34/h1-29H. The van der Waals surface area contributed by atoms with Gasteiger partial charge in [-0.1, -0.05) is 78.9 Å². The fourth-order valence-corrected chi connectivity index (χ4v) is 6.86. The molecular weight excluding hydrogens is 546 g/mol. The van der Waals surface area contributed by atoms with Gasteiger partial charge in [-0.25, -0.2) is 0 Å². The van der Waals surface area contributed by atoms with Crippen LogP contribution in [0.4, 0.5) is 17.1 Å². The Labute approximate surface area is 261 Å². The van der Waals surface area contributed by atoms with Crippen molar-refractivity contribution in [2.75, 3.05) is 4.90 Å². The third kappa shape index (κ3) is 4.13. The van der Waals surface area contributed by atoms with Gasteiger partial charge in [-0.3, -0.25) is 0 Å². The fraction of sp³-hybridized carbons (Fsp3) is 0. The van der Waals surface area contributed by atoms with E-state index in [0.29, 0.717) is 0 Å². The van der Waals surface area contributed by atoms with Crippen LogP contribution in [0.2, 0.25) is 0 Å². The molecule has 3 heteroatoms. The summed E-state index contributed by atoms with van der Waals surface area (Å²) in [6.07, 6.45) is 2.20. The number of aromatic nitrogens is 2. The lowest BCUT2D eigenvalue weighted by atomic mass is 10.0. The first-order chi connectivity index (χ1) is 22.3. The average Bonchev–Trinajstić information content (AvgIpc) is 3.69. The molecule has 9 aromatic rings. The van der Waals surface area contributed by atoms with Crippen molar-refractivity contribution >= 4 is 60.5 Å². The number of rotatable bonds is 5. The number of hydrogen-bond acceptors (Lipinski definition) is 1. The Morgan fingerprint density at radius 3 is 1.67 bits per heavy atom. The van der Waals surface area contributed by atoms with E-state index in [-0.39, 0.29) is 0 Å². The lowest BCUT2D eigenvalue weighted by Gasteiger charge is -2.25. The fourth-order valence-electron chi connectivity index (χ4n) is 6.86. The average molecular weight is 576 g/mol. The smallest absolute Gasteiger partial charge is 0.0547 e. The molecule has 0 aliphatic carbocycles. The lowest BCUT2D eigenvalue weighted by molar-refractivity contribution is 1.13. The molecule has 0 saturated heterocycles. The van der Waals surface area contributed by atoms with Gasteiger partial charge in [0.15, 0.2) is 0 Å². The van der Waals surface area contributed by atoms with Crippen LogP contribution in [-0.2, 0) is 0 Å². The van der Waals surface area contributed by atoms with E-state index in [0.717, 1.165) is 22.7 Å². The predicted molar refractivity (Wildman–Crippen MR) is 190 cm³/mol. The second-order valence-corrected chi connectivity index (χ2v) is 11.5. The SMILES string of the molecule is c1ccc(N(c2ccccc2)c2ccc(-n3ccc4c5cc6c(cc5ccc43)c3ccccc3n6-c3ccccc3)cc2)cc1. The van der Waals surface area contributed by atoms with Gasteiger partial charge in [0.2, 0.25) is 0 Å². The van der Waals surface area contributed by atoms with Crippen molar-refractivity contribution in [2.45, 2.75) is 0 Å². The highest BCUT2D eigenvalue weighted by molar-refractivity contribution is 6.18. The van der Waals surface area contributed by atoms with Crippen molar-refractivity contribution in [3.05, 3.63) is 176 Å². The number of benzene rings is 7. The highest BCUT2D eigenvalue weighted by Crippen LogP contribution is 2.38. The monoisotopic (exact) mass is 575 g/mol. The summed E-state index contributed by atoms with van der Waals surface area (Å²) in [4.78, 5) is 2.29. The van der Waals surface area contributed by atoms with Crippen molar-refractivity contribution in [1.82, 2.24) is 9.13 Å². The maximum atomic E-state index is 2.39. The zero-order valence-electron chi connectivity index (χ0n) is 24.6. The quantitative estimate of drug-likeness (QED) is 0.199. The van der Waals surface area contributed by atoms with Gasteiger partial charge in [-0.05, 0) is 102 Å². The van der Waals surface area contributed by atoms with Crippen molar-refractivity contribution in [1.29, 1.82) is 0 Å². The second kappa shape index (κ2) is 10.3. The molecule has 0 aliphatic rings. The van der Waals surface area contributed by atoms with Gasteiger partial charge >= 0.3 is 0 Å². The normalized spacial score (nSPS) is 11.6. The summed E-state index contributed by atoms with van der Waals surface area (Å²) in [6.45, 7) is 0. The van der Waals surface area contributed by atoms with Crippen LogP contribution >= 0.6 is 0 Å². The highest BCUT2D eigenvalue weighted by Gasteiger charge is 2.16. The van der Waals surface area contributed by atoms with E-state index in [2.05, 4.69) is 190 Å². The minimum atomic E-state index is 1.12. The largest absolute Gasteiger partial charge is 0.317 e. The predicted octanol–water partition coefficient (Wildman–Crippen LogP) is 11.4. The molecular formula is C42H29N3. The molecule has 3 nitrogen and oxygen atoms in total. The summed E-state index contributed by atoms with van der Waals surface area (Å²) in [5, 5.41) is 6.31. The number of para-hydroxylation sites is 4. The topological polar surface area (TPSA) is 13.1 Å². The first-order valence-corrected chi connectivity index (χ1v) is 15.4. The summed E-state index contributed by atoms with van der Waals surface area (Å²) >= 11 is 0. The van der Waals surface area contributed by atoms with Crippen LogP contribution in [-0.4, -0.2) is 9.13 Å². The van der Waals surface area contributed by atoms with Crippen molar-refractivity contribution in [3.8, 4) is 11.4 Å². The molecule has 45 heavy (non-hydrogen) atoms. The Morgan fingerprint density at radius 1 is 0.356 bits per heavy atom. The van der Waals surface area contributed by atoms with Crippen LogP contribution in [0.1, 0.15) is 0 Å². The van der Waals surface area contributed by atoms with Crippen molar-refractivity contribution in [2.24, 2.45) is 0 Å². The molecule has 2 heterocycles. The Bertz CT molecular complexity index is 2420. The Balaban J connectivity index is 1.18. The molecule has 2 aromatic heterocycles. The molecule has 0 radical (unpaired) electrons. The van der Waals surface area contributed by atoms with E-state index in [1.165, 1.54) is 49.2 Å². The van der Waals surface area contributed by atoms with Gasteiger partial charge in [-0.2, -0.15) is 0 Å². The van der Waals surface area contributed by atoms with Crippen molar-refractivity contribution < 1.29 is 0 Å². The van der Waals surface area contributed by atoms with Gasteiger partial charge in [0.05, 0.1) is 16.6 Å². The molecule has 7 aromatic carbocycles. The zero-order valence-corrected chi connectivity index (χ0v) is 24.6.